The van der Waals surface area contributed by atoms with Gasteiger partial charge in [-0.25, -0.2) is 4.39 Å². The van der Waals surface area contributed by atoms with Gasteiger partial charge in [0.05, 0.1) is 5.92 Å². The fourth-order valence-corrected chi connectivity index (χ4v) is 3.20. The fourth-order valence-electron chi connectivity index (χ4n) is 3.20. The monoisotopic (exact) mass is 356 g/mol. The molecule has 0 radical (unpaired) electrons. The van der Waals surface area contributed by atoms with E-state index < -0.39 is 0 Å². The van der Waals surface area contributed by atoms with Crippen molar-refractivity contribution in [2.75, 3.05) is 31.5 Å². The van der Waals surface area contributed by atoms with Gasteiger partial charge in [0, 0.05) is 18.8 Å². The molecule has 1 fully saturated rings. The highest BCUT2D eigenvalue weighted by atomic mass is 19.1. The van der Waals surface area contributed by atoms with Gasteiger partial charge in [0.2, 0.25) is 0 Å². The molecular formula is C21H25FN2O2. The van der Waals surface area contributed by atoms with Crippen LogP contribution in [0, 0.1) is 11.7 Å². The second-order valence-electron chi connectivity index (χ2n) is 6.65. The van der Waals surface area contributed by atoms with Crippen LogP contribution in [0.15, 0.2) is 54.6 Å². The first-order chi connectivity index (χ1) is 12.7. The summed E-state index contributed by atoms with van der Waals surface area (Å²) < 4.78 is 18.6. The summed E-state index contributed by atoms with van der Waals surface area (Å²) in [4.78, 5) is 14.5. The van der Waals surface area contributed by atoms with E-state index in [9.17, 15) is 9.18 Å². The van der Waals surface area contributed by atoms with Gasteiger partial charge in [-0.05, 0) is 49.7 Å². The van der Waals surface area contributed by atoms with Crippen LogP contribution in [-0.2, 0) is 16.1 Å². The molecule has 5 heteroatoms. The van der Waals surface area contributed by atoms with Gasteiger partial charge in [-0.3, -0.25) is 4.79 Å². The van der Waals surface area contributed by atoms with E-state index in [2.05, 4.69) is 10.2 Å². The van der Waals surface area contributed by atoms with Crippen molar-refractivity contribution in [1.82, 2.24) is 4.90 Å². The highest BCUT2D eigenvalue weighted by Crippen LogP contribution is 2.19. The van der Waals surface area contributed by atoms with Crippen LogP contribution in [0.2, 0.25) is 0 Å². The topological polar surface area (TPSA) is 41.6 Å². The van der Waals surface area contributed by atoms with Gasteiger partial charge in [-0.15, -0.1) is 0 Å². The van der Waals surface area contributed by atoms with E-state index in [-0.39, 0.29) is 17.7 Å². The van der Waals surface area contributed by atoms with Crippen LogP contribution in [0.1, 0.15) is 18.4 Å². The third-order valence-corrected chi connectivity index (χ3v) is 4.73. The Bertz CT molecular complexity index is 700. The van der Waals surface area contributed by atoms with E-state index in [1.165, 1.54) is 12.1 Å². The summed E-state index contributed by atoms with van der Waals surface area (Å²) in [6, 6.07) is 16.2. The Kier molecular flexibility index (Phi) is 6.61. The summed E-state index contributed by atoms with van der Waals surface area (Å²) in [5, 5.41) is 3.23. The molecule has 2 aromatic rings. The number of nitrogens with one attached hydrogen (secondary N) is 1. The van der Waals surface area contributed by atoms with Gasteiger partial charge in [0.15, 0.2) is 0 Å². The molecule has 138 valence electrons. The second-order valence-corrected chi connectivity index (χ2v) is 6.65. The van der Waals surface area contributed by atoms with Crippen LogP contribution in [0.4, 0.5) is 10.1 Å². The first-order valence-electron chi connectivity index (χ1n) is 9.13. The Balaban J connectivity index is 1.34. The van der Waals surface area contributed by atoms with Crippen LogP contribution in [-0.4, -0.2) is 37.0 Å². The van der Waals surface area contributed by atoms with Crippen LogP contribution in [0.5, 0.6) is 0 Å². The summed E-state index contributed by atoms with van der Waals surface area (Å²) in [6.45, 7) is 3.75. The molecule has 0 bridgehead atoms. The lowest BCUT2D eigenvalue weighted by Gasteiger charge is -2.30. The molecule has 1 N–H and O–H groups in total. The number of nitrogens with zero attached hydrogens (tertiary/aromatic N) is 1. The van der Waals surface area contributed by atoms with Crippen molar-refractivity contribution in [3.8, 4) is 0 Å². The van der Waals surface area contributed by atoms with E-state index in [1.54, 1.807) is 6.07 Å². The van der Waals surface area contributed by atoms with Gasteiger partial charge in [0.25, 0.3) is 0 Å². The quantitative estimate of drug-likeness (QED) is 0.768. The minimum absolute atomic E-state index is 0.00820. The van der Waals surface area contributed by atoms with E-state index in [1.807, 2.05) is 36.4 Å². The van der Waals surface area contributed by atoms with Crippen molar-refractivity contribution in [2.24, 2.45) is 5.92 Å². The highest BCUT2D eigenvalue weighted by molar-refractivity contribution is 5.72. The molecule has 26 heavy (non-hydrogen) atoms. The van der Waals surface area contributed by atoms with Gasteiger partial charge in [0.1, 0.15) is 12.4 Å². The number of benzene rings is 2. The molecular weight excluding hydrogens is 331 g/mol. The molecule has 0 aliphatic carbocycles. The number of carbonyl (C=O) groups is 1. The van der Waals surface area contributed by atoms with Gasteiger partial charge >= 0.3 is 5.97 Å². The largest absolute Gasteiger partial charge is 0.461 e. The molecule has 1 saturated heterocycles. The van der Waals surface area contributed by atoms with Crippen LogP contribution < -0.4 is 5.32 Å². The number of hydrogen-bond donors (Lipinski definition) is 1. The lowest BCUT2D eigenvalue weighted by molar-refractivity contribution is -0.151. The number of rotatable bonds is 7. The van der Waals surface area contributed by atoms with Crippen molar-refractivity contribution in [3.05, 3.63) is 66.0 Å². The number of ether oxygens (including phenoxy) is 1. The van der Waals surface area contributed by atoms with Crippen molar-refractivity contribution in [3.63, 3.8) is 0 Å². The zero-order valence-electron chi connectivity index (χ0n) is 14.9. The summed E-state index contributed by atoms with van der Waals surface area (Å²) in [7, 11) is 0. The number of carbonyl (C=O) groups excluding carboxylic acids is 1. The first kappa shape index (κ1) is 18.4. The Labute approximate surface area is 154 Å². The number of piperidine rings is 1. The standard InChI is InChI=1S/C21H25FN2O2/c22-19-7-4-8-20(15-19)23-11-14-24-12-9-18(10-13-24)21(25)26-16-17-5-2-1-3-6-17/h1-8,15,18,23H,9-14,16H2. The van der Waals surface area contributed by atoms with Crippen molar-refractivity contribution in [1.29, 1.82) is 0 Å². The predicted molar refractivity (Wildman–Crippen MR) is 100 cm³/mol. The van der Waals surface area contributed by atoms with Crippen molar-refractivity contribution in [2.45, 2.75) is 19.4 Å². The molecule has 0 atom stereocenters. The fraction of sp³-hybridized carbons (Fsp3) is 0.381. The molecule has 0 saturated carbocycles. The third kappa shape index (κ3) is 5.56. The van der Waals surface area contributed by atoms with Crippen LogP contribution in [0.25, 0.3) is 0 Å². The van der Waals surface area contributed by atoms with Gasteiger partial charge < -0.3 is 15.0 Å². The average Bonchev–Trinajstić information content (AvgIpc) is 2.67. The summed E-state index contributed by atoms with van der Waals surface area (Å²) in [5.74, 6) is -0.331. The Morgan fingerprint density at radius 2 is 1.88 bits per heavy atom. The molecule has 2 aromatic carbocycles. The smallest absolute Gasteiger partial charge is 0.309 e. The molecule has 0 spiro atoms. The average molecular weight is 356 g/mol. The van der Waals surface area contributed by atoms with E-state index in [0.29, 0.717) is 6.61 Å². The molecule has 1 aliphatic rings. The number of likely N-dealkylation sites (tertiary alicyclic amines) is 1. The number of hydrogen-bond acceptors (Lipinski definition) is 4. The third-order valence-electron chi connectivity index (χ3n) is 4.73. The molecule has 0 aromatic heterocycles. The van der Waals surface area contributed by atoms with Crippen molar-refractivity contribution < 1.29 is 13.9 Å². The second kappa shape index (κ2) is 9.34. The molecule has 0 unspecified atom stereocenters. The number of halogens is 1. The minimum Gasteiger partial charge on any atom is -0.461 e. The molecule has 0 amide bonds. The first-order valence-corrected chi connectivity index (χ1v) is 9.13. The van der Waals surface area contributed by atoms with Crippen molar-refractivity contribution >= 4 is 11.7 Å². The van der Waals surface area contributed by atoms with E-state index in [0.717, 1.165) is 50.3 Å². The molecule has 4 nitrogen and oxygen atoms in total. The Hall–Kier alpha value is -2.40. The zero-order valence-corrected chi connectivity index (χ0v) is 14.9. The Morgan fingerprint density at radius 3 is 2.62 bits per heavy atom. The number of esters is 1. The van der Waals surface area contributed by atoms with Gasteiger partial charge in [-0.1, -0.05) is 36.4 Å². The predicted octanol–water partition coefficient (Wildman–Crippen LogP) is 3.69. The Morgan fingerprint density at radius 1 is 1.12 bits per heavy atom. The summed E-state index contributed by atoms with van der Waals surface area (Å²) >= 11 is 0. The normalized spacial score (nSPS) is 15.6. The maximum atomic E-state index is 13.1. The number of anilines is 1. The highest BCUT2D eigenvalue weighted by Gasteiger charge is 2.25. The minimum atomic E-state index is -0.232. The lowest BCUT2D eigenvalue weighted by atomic mass is 9.97. The summed E-state index contributed by atoms with van der Waals surface area (Å²) in [6.07, 6.45) is 1.65. The maximum absolute atomic E-state index is 13.1. The van der Waals surface area contributed by atoms with E-state index in [4.69, 9.17) is 4.74 Å². The molecule has 3 rings (SSSR count). The molecule has 1 heterocycles. The van der Waals surface area contributed by atoms with Crippen LogP contribution in [0.3, 0.4) is 0 Å². The zero-order chi connectivity index (χ0) is 18.2. The lowest BCUT2D eigenvalue weighted by Crippen LogP contribution is -2.39. The maximum Gasteiger partial charge on any atom is 0.309 e. The van der Waals surface area contributed by atoms with Crippen LogP contribution >= 0.6 is 0 Å². The van der Waals surface area contributed by atoms with Gasteiger partial charge in [-0.2, -0.15) is 0 Å². The van der Waals surface area contributed by atoms with E-state index >= 15 is 0 Å². The SMILES string of the molecule is O=C(OCc1ccccc1)C1CCN(CCNc2cccc(F)c2)CC1. The summed E-state index contributed by atoms with van der Waals surface area (Å²) in [5.41, 5.74) is 1.81. The molecule has 1 aliphatic heterocycles.